The summed E-state index contributed by atoms with van der Waals surface area (Å²) in [5.41, 5.74) is 0.963. The lowest BCUT2D eigenvalue weighted by Gasteiger charge is -2.13. The van der Waals surface area contributed by atoms with Crippen molar-refractivity contribution in [2.24, 2.45) is 0 Å². The third kappa shape index (κ3) is 3.14. The summed E-state index contributed by atoms with van der Waals surface area (Å²) in [6.45, 7) is 0. The Bertz CT molecular complexity index is 622. The fourth-order valence-electron chi connectivity index (χ4n) is 1.88. The predicted molar refractivity (Wildman–Crippen MR) is 78.1 cm³/mol. The number of furan rings is 1. The molecule has 5 nitrogen and oxygen atoms in total. The molecule has 0 unspecified atom stereocenters. The predicted octanol–water partition coefficient (Wildman–Crippen LogP) is 2.37. The number of carbonyl (C=O) groups excluding carboxylic acids is 1. The van der Waals surface area contributed by atoms with Gasteiger partial charge >= 0.3 is 5.97 Å². The molecule has 0 radical (unpaired) electrons. The van der Waals surface area contributed by atoms with E-state index >= 15 is 0 Å². The van der Waals surface area contributed by atoms with Crippen molar-refractivity contribution in [2.75, 3.05) is 12.0 Å². The van der Waals surface area contributed by atoms with Crippen molar-refractivity contribution in [3.05, 3.63) is 36.1 Å². The number of carboxylic acid groups (broad SMARTS) is 1. The Kier molecular flexibility index (Phi) is 4.68. The van der Waals surface area contributed by atoms with Gasteiger partial charge in [-0.25, -0.2) is 4.79 Å². The van der Waals surface area contributed by atoms with Crippen LogP contribution in [0.2, 0.25) is 0 Å². The van der Waals surface area contributed by atoms with Gasteiger partial charge in [-0.3, -0.25) is 4.79 Å². The molecule has 1 amide bonds. The zero-order valence-corrected chi connectivity index (χ0v) is 11.8. The van der Waals surface area contributed by atoms with Gasteiger partial charge in [0.1, 0.15) is 17.9 Å². The number of benzene rings is 1. The molecule has 2 aromatic rings. The first kappa shape index (κ1) is 14.5. The van der Waals surface area contributed by atoms with Crippen LogP contribution in [0.1, 0.15) is 16.8 Å². The summed E-state index contributed by atoms with van der Waals surface area (Å²) in [4.78, 5) is 23.3. The molecule has 106 valence electrons. The van der Waals surface area contributed by atoms with Gasteiger partial charge in [0.05, 0.1) is 5.56 Å². The first-order valence-corrected chi connectivity index (χ1v) is 7.51. The summed E-state index contributed by atoms with van der Waals surface area (Å²) in [5.74, 6) is -0.785. The van der Waals surface area contributed by atoms with Crippen LogP contribution in [0.25, 0.3) is 11.0 Å². The highest BCUT2D eigenvalue weighted by Crippen LogP contribution is 2.20. The number of amides is 1. The molecule has 0 saturated heterocycles. The summed E-state index contributed by atoms with van der Waals surface area (Å²) in [5, 5.41) is 12.3. The third-order valence-corrected chi connectivity index (χ3v) is 3.58. The molecule has 0 spiro atoms. The molecule has 1 aromatic carbocycles. The van der Waals surface area contributed by atoms with Crippen molar-refractivity contribution in [3.8, 4) is 0 Å². The van der Waals surface area contributed by atoms with Crippen LogP contribution >= 0.6 is 11.8 Å². The summed E-state index contributed by atoms with van der Waals surface area (Å²) in [7, 11) is 0. The minimum atomic E-state index is -1.03. The van der Waals surface area contributed by atoms with Gasteiger partial charge in [0, 0.05) is 5.39 Å². The lowest BCUT2D eigenvalue weighted by atomic mass is 10.1. The second kappa shape index (κ2) is 6.47. The van der Waals surface area contributed by atoms with Crippen molar-refractivity contribution >= 4 is 34.6 Å². The molecular weight excluding hydrogens is 278 g/mol. The maximum atomic E-state index is 12.2. The minimum absolute atomic E-state index is 0.357. The zero-order valence-electron chi connectivity index (χ0n) is 11.0. The highest BCUT2D eigenvalue weighted by atomic mass is 32.2. The van der Waals surface area contributed by atoms with Crippen LogP contribution in [0.5, 0.6) is 0 Å². The number of hydrogen-bond donors (Lipinski definition) is 2. The van der Waals surface area contributed by atoms with Crippen LogP contribution in [-0.2, 0) is 4.79 Å². The average molecular weight is 293 g/mol. The molecule has 0 bridgehead atoms. The van der Waals surface area contributed by atoms with Crippen molar-refractivity contribution in [1.29, 1.82) is 0 Å². The summed E-state index contributed by atoms with van der Waals surface area (Å²) in [6.07, 6.45) is 3.63. The van der Waals surface area contributed by atoms with Crippen molar-refractivity contribution in [1.82, 2.24) is 5.32 Å². The SMILES string of the molecule is CSCC[C@@H](NC(=O)c1coc2ccccc12)C(=O)O. The van der Waals surface area contributed by atoms with Crippen LogP contribution in [0.3, 0.4) is 0 Å². The molecule has 0 fully saturated rings. The highest BCUT2D eigenvalue weighted by Gasteiger charge is 2.22. The fraction of sp³-hybridized carbons (Fsp3) is 0.286. The molecule has 0 saturated carbocycles. The fourth-order valence-corrected chi connectivity index (χ4v) is 2.35. The number of fused-ring (bicyclic) bond motifs is 1. The second-order valence-corrected chi connectivity index (χ2v) is 5.28. The first-order chi connectivity index (χ1) is 9.63. The van der Waals surface area contributed by atoms with Gasteiger partial charge in [0.25, 0.3) is 5.91 Å². The number of hydrogen-bond acceptors (Lipinski definition) is 4. The van der Waals surface area contributed by atoms with Gasteiger partial charge in [-0.05, 0) is 24.5 Å². The van der Waals surface area contributed by atoms with E-state index in [2.05, 4.69) is 5.32 Å². The number of rotatable bonds is 6. The largest absolute Gasteiger partial charge is 0.480 e. The maximum absolute atomic E-state index is 12.2. The summed E-state index contributed by atoms with van der Waals surface area (Å²) in [6, 6.07) is 6.26. The molecule has 20 heavy (non-hydrogen) atoms. The number of thioether (sulfide) groups is 1. The molecule has 1 heterocycles. The van der Waals surface area contributed by atoms with E-state index in [-0.39, 0.29) is 0 Å². The smallest absolute Gasteiger partial charge is 0.326 e. The summed E-state index contributed by atoms with van der Waals surface area (Å²) >= 11 is 1.54. The molecule has 6 heteroatoms. The van der Waals surface area contributed by atoms with Crippen LogP contribution in [0, 0.1) is 0 Å². The number of carbonyl (C=O) groups is 2. The molecule has 2 rings (SSSR count). The van der Waals surface area contributed by atoms with Crippen LogP contribution < -0.4 is 5.32 Å². The molecule has 2 N–H and O–H groups in total. The van der Waals surface area contributed by atoms with Gasteiger partial charge in [0.2, 0.25) is 0 Å². The topological polar surface area (TPSA) is 79.5 Å². The van der Waals surface area contributed by atoms with Gasteiger partial charge in [-0.1, -0.05) is 18.2 Å². The Morgan fingerprint density at radius 1 is 1.40 bits per heavy atom. The Hall–Kier alpha value is -1.95. The first-order valence-electron chi connectivity index (χ1n) is 6.12. The molecule has 0 aliphatic heterocycles. The number of carboxylic acids is 1. The van der Waals surface area contributed by atoms with E-state index < -0.39 is 17.9 Å². The van der Waals surface area contributed by atoms with E-state index in [1.807, 2.05) is 12.3 Å². The average Bonchev–Trinajstić information content (AvgIpc) is 2.87. The van der Waals surface area contributed by atoms with Crippen LogP contribution in [0.15, 0.2) is 34.9 Å². The molecule has 0 aliphatic rings. The molecule has 0 aliphatic carbocycles. The quantitative estimate of drug-likeness (QED) is 0.854. The molecular formula is C14H15NO4S. The normalized spacial score (nSPS) is 12.2. The Balaban J connectivity index is 2.16. The lowest BCUT2D eigenvalue weighted by Crippen LogP contribution is -2.41. The van der Waals surface area contributed by atoms with Gasteiger partial charge in [-0.2, -0.15) is 11.8 Å². The summed E-state index contributed by atoms with van der Waals surface area (Å²) < 4.78 is 5.28. The standard InChI is InChI=1S/C14H15NO4S/c1-20-7-6-11(14(17)18)15-13(16)10-8-19-12-5-3-2-4-9(10)12/h2-5,8,11H,6-7H2,1H3,(H,15,16)(H,17,18)/t11-/m1/s1. The van der Waals surface area contributed by atoms with E-state index in [0.717, 1.165) is 0 Å². The molecule has 1 atom stereocenters. The monoisotopic (exact) mass is 293 g/mol. The maximum Gasteiger partial charge on any atom is 0.326 e. The van der Waals surface area contributed by atoms with Crippen LogP contribution in [0.4, 0.5) is 0 Å². The van der Waals surface area contributed by atoms with Gasteiger partial charge in [0.15, 0.2) is 0 Å². The van der Waals surface area contributed by atoms with Crippen LogP contribution in [-0.4, -0.2) is 35.0 Å². The van der Waals surface area contributed by atoms with E-state index in [4.69, 9.17) is 9.52 Å². The van der Waals surface area contributed by atoms with E-state index in [9.17, 15) is 9.59 Å². The van der Waals surface area contributed by atoms with E-state index in [1.165, 1.54) is 6.26 Å². The van der Waals surface area contributed by atoms with Crippen molar-refractivity contribution in [2.45, 2.75) is 12.5 Å². The number of para-hydroxylation sites is 1. The van der Waals surface area contributed by atoms with Gasteiger partial charge in [-0.15, -0.1) is 0 Å². The lowest BCUT2D eigenvalue weighted by molar-refractivity contribution is -0.139. The Labute approximate surface area is 120 Å². The Morgan fingerprint density at radius 3 is 2.85 bits per heavy atom. The van der Waals surface area contributed by atoms with E-state index in [0.29, 0.717) is 28.7 Å². The second-order valence-electron chi connectivity index (χ2n) is 4.29. The van der Waals surface area contributed by atoms with Gasteiger partial charge < -0.3 is 14.8 Å². The molecule has 1 aromatic heterocycles. The van der Waals surface area contributed by atoms with Crippen molar-refractivity contribution in [3.63, 3.8) is 0 Å². The Morgan fingerprint density at radius 2 is 2.15 bits per heavy atom. The number of aliphatic carboxylic acids is 1. The minimum Gasteiger partial charge on any atom is -0.480 e. The zero-order chi connectivity index (χ0) is 14.5. The highest BCUT2D eigenvalue weighted by molar-refractivity contribution is 7.98. The third-order valence-electron chi connectivity index (χ3n) is 2.94. The van der Waals surface area contributed by atoms with E-state index in [1.54, 1.807) is 30.0 Å². The number of nitrogens with one attached hydrogen (secondary N) is 1. The van der Waals surface area contributed by atoms with Crippen molar-refractivity contribution < 1.29 is 19.1 Å².